The third kappa shape index (κ3) is 4.57. The van der Waals surface area contributed by atoms with Gasteiger partial charge in [-0.15, -0.1) is 24.8 Å². The molecule has 0 bridgehead atoms. The van der Waals surface area contributed by atoms with Crippen LogP contribution in [0.3, 0.4) is 0 Å². The fourth-order valence-electron chi connectivity index (χ4n) is 2.99. The highest BCUT2D eigenvalue weighted by molar-refractivity contribution is 5.85. The monoisotopic (exact) mass is 426 g/mol. The molecule has 3 heterocycles. The van der Waals surface area contributed by atoms with Crippen LogP contribution in [0.25, 0.3) is 5.69 Å². The lowest BCUT2D eigenvalue weighted by molar-refractivity contribution is 0.174. The second-order valence-corrected chi connectivity index (χ2v) is 6.82. The average molecular weight is 427 g/mol. The van der Waals surface area contributed by atoms with Crippen LogP contribution in [0.15, 0.2) is 30.7 Å². The number of hydrogen-bond acceptors (Lipinski definition) is 6. The van der Waals surface area contributed by atoms with Gasteiger partial charge in [-0.2, -0.15) is 5.10 Å². The van der Waals surface area contributed by atoms with E-state index in [-0.39, 0.29) is 37.6 Å². The molecule has 1 aliphatic heterocycles. The molecule has 0 radical (unpaired) electrons. The van der Waals surface area contributed by atoms with Crippen molar-refractivity contribution in [1.82, 2.24) is 24.7 Å². The fourth-order valence-corrected chi connectivity index (χ4v) is 2.99. The molecule has 0 saturated heterocycles. The van der Waals surface area contributed by atoms with Gasteiger partial charge in [0.2, 0.25) is 6.79 Å². The second-order valence-electron chi connectivity index (χ2n) is 6.82. The van der Waals surface area contributed by atoms with E-state index in [1.807, 2.05) is 18.2 Å². The Bertz CT molecular complexity index is 898. The van der Waals surface area contributed by atoms with Gasteiger partial charge in [0.15, 0.2) is 17.3 Å². The third-order valence-electron chi connectivity index (χ3n) is 4.19. The predicted molar refractivity (Wildman–Crippen MR) is 110 cm³/mol. The summed E-state index contributed by atoms with van der Waals surface area (Å²) in [7, 11) is 0. The van der Waals surface area contributed by atoms with Crippen molar-refractivity contribution in [3.05, 3.63) is 48.1 Å². The van der Waals surface area contributed by atoms with Gasteiger partial charge in [0.25, 0.3) is 0 Å². The lowest BCUT2D eigenvalue weighted by Crippen LogP contribution is -2.19. The van der Waals surface area contributed by atoms with Gasteiger partial charge in [-0.25, -0.2) is 14.6 Å². The van der Waals surface area contributed by atoms with Gasteiger partial charge in [0.05, 0.1) is 18.1 Å². The van der Waals surface area contributed by atoms with E-state index in [9.17, 15) is 0 Å². The molecule has 0 amide bonds. The average Bonchev–Trinajstić information content (AvgIpc) is 3.33. The highest BCUT2D eigenvalue weighted by atomic mass is 35.5. The number of nitrogens with zero attached hydrogens (tertiary/aromatic N) is 4. The molecular weight excluding hydrogens is 403 g/mol. The lowest BCUT2D eigenvalue weighted by Gasteiger charge is -2.12. The van der Waals surface area contributed by atoms with Gasteiger partial charge in [0, 0.05) is 30.8 Å². The van der Waals surface area contributed by atoms with E-state index in [0.29, 0.717) is 23.9 Å². The summed E-state index contributed by atoms with van der Waals surface area (Å²) in [6.07, 6.45) is 4.82. The molecule has 10 heteroatoms. The highest BCUT2D eigenvalue weighted by Crippen LogP contribution is 2.34. The standard InChI is InChI=1S/C18H22N6O2.2ClH/c1-11(2)5-17-22-18(14(19)6-12-8-20-9-21-12)24(23-17)13-3-4-15-16(7-13)26-10-25-15;;/h3-4,7-9,11,14H,5-6,10,19H2,1-2H3,(H,20,21);2*1H/t14-;;/m0../s1. The van der Waals surface area contributed by atoms with E-state index in [1.165, 1.54) is 0 Å². The van der Waals surface area contributed by atoms with Crippen molar-refractivity contribution in [3.8, 4) is 17.2 Å². The molecular formula is C18H24Cl2N6O2. The van der Waals surface area contributed by atoms with Crippen LogP contribution >= 0.6 is 24.8 Å². The number of nitrogens with two attached hydrogens (primary N) is 1. The van der Waals surface area contributed by atoms with E-state index in [0.717, 1.165) is 29.4 Å². The molecule has 0 saturated carbocycles. The third-order valence-corrected chi connectivity index (χ3v) is 4.19. The second kappa shape index (κ2) is 9.27. The first-order valence-corrected chi connectivity index (χ1v) is 8.69. The molecule has 3 aromatic rings. The van der Waals surface area contributed by atoms with Crippen molar-refractivity contribution in [2.45, 2.75) is 32.7 Å². The van der Waals surface area contributed by atoms with Crippen LogP contribution in [0.2, 0.25) is 0 Å². The van der Waals surface area contributed by atoms with Gasteiger partial charge in [-0.05, 0) is 18.1 Å². The van der Waals surface area contributed by atoms with Crippen LogP contribution in [-0.4, -0.2) is 31.5 Å². The maximum atomic E-state index is 6.45. The van der Waals surface area contributed by atoms with Crippen molar-refractivity contribution in [2.75, 3.05) is 6.79 Å². The van der Waals surface area contributed by atoms with Gasteiger partial charge in [0.1, 0.15) is 5.82 Å². The SMILES string of the molecule is CC(C)Cc1nc([C@@H](N)Cc2cnc[nH]2)n(-c2ccc3c(c2)OCO3)n1.Cl.Cl. The number of aromatic amines is 1. The van der Waals surface area contributed by atoms with Crippen molar-refractivity contribution >= 4 is 24.8 Å². The largest absolute Gasteiger partial charge is 0.454 e. The van der Waals surface area contributed by atoms with Crippen LogP contribution < -0.4 is 15.2 Å². The minimum atomic E-state index is -0.311. The first-order chi connectivity index (χ1) is 12.6. The highest BCUT2D eigenvalue weighted by Gasteiger charge is 2.21. The number of benzene rings is 1. The molecule has 0 spiro atoms. The maximum absolute atomic E-state index is 6.45. The van der Waals surface area contributed by atoms with E-state index in [2.05, 4.69) is 23.8 Å². The van der Waals surface area contributed by atoms with Crippen LogP contribution in [0.5, 0.6) is 11.5 Å². The Hall–Kier alpha value is -2.29. The van der Waals surface area contributed by atoms with Gasteiger partial charge >= 0.3 is 0 Å². The summed E-state index contributed by atoms with van der Waals surface area (Å²) in [6.45, 7) is 4.53. The quantitative estimate of drug-likeness (QED) is 0.627. The van der Waals surface area contributed by atoms with Crippen LogP contribution in [0, 0.1) is 5.92 Å². The molecule has 0 unspecified atom stereocenters. The van der Waals surface area contributed by atoms with Crippen LogP contribution in [-0.2, 0) is 12.8 Å². The van der Waals surface area contributed by atoms with E-state index in [4.69, 9.17) is 25.3 Å². The zero-order valence-electron chi connectivity index (χ0n) is 15.7. The van der Waals surface area contributed by atoms with Crippen molar-refractivity contribution < 1.29 is 9.47 Å². The van der Waals surface area contributed by atoms with Crippen molar-refractivity contribution in [3.63, 3.8) is 0 Å². The molecule has 1 aliphatic rings. The molecule has 4 rings (SSSR count). The smallest absolute Gasteiger partial charge is 0.231 e. The lowest BCUT2D eigenvalue weighted by atomic mass is 10.1. The zero-order chi connectivity index (χ0) is 18.1. The summed E-state index contributed by atoms with van der Waals surface area (Å²) in [4.78, 5) is 11.9. The number of aromatic nitrogens is 5. The summed E-state index contributed by atoms with van der Waals surface area (Å²) < 4.78 is 12.7. The van der Waals surface area contributed by atoms with Gasteiger partial charge in [-0.1, -0.05) is 13.8 Å². The Kier molecular flexibility index (Phi) is 7.29. The Labute approximate surface area is 175 Å². The molecule has 8 nitrogen and oxygen atoms in total. The first-order valence-electron chi connectivity index (χ1n) is 8.69. The van der Waals surface area contributed by atoms with Crippen molar-refractivity contribution in [2.24, 2.45) is 11.7 Å². The number of H-pyrrole nitrogens is 1. The van der Waals surface area contributed by atoms with Gasteiger partial charge in [-0.3, -0.25) is 0 Å². The van der Waals surface area contributed by atoms with E-state index in [1.54, 1.807) is 17.2 Å². The number of nitrogens with one attached hydrogen (secondary N) is 1. The van der Waals surface area contributed by atoms with E-state index < -0.39 is 0 Å². The predicted octanol–water partition coefficient (Wildman–Crippen LogP) is 3.00. The Balaban J connectivity index is 0.00000140. The Morgan fingerprint density at radius 3 is 2.68 bits per heavy atom. The summed E-state index contributed by atoms with van der Waals surface area (Å²) in [5.74, 6) is 3.40. The molecule has 0 fully saturated rings. The van der Waals surface area contributed by atoms with E-state index >= 15 is 0 Å². The number of rotatable bonds is 6. The number of imidazole rings is 1. The normalized spacial score (nSPS) is 13.1. The topological polar surface area (TPSA) is 104 Å². The van der Waals surface area contributed by atoms with Crippen molar-refractivity contribution in [1.29, 1.82) is 0 Å². The molecule has 3 N–H and O–H groups in total. The fraction of sp³-hybridized carbons (Fsp3) is 0.389. The summed E-state index contributed by atoms with van der Waals surface area (Å²) >= 11 is 0. The molecule has 152 valence electrons. The summed E-state index contributed by atoms with van der Waals surface area (Å²) in [5.41, 5.74) is 8.27. The Morgan fingerprint density at radius 2 is 1.96 bits per heavy atom. The Morgan fingerprint density at radius 1 is 1.18 bits per heavy atom. The maximum Gasteiger partial charge on any atom is 0.231 e. The zero-order valence-corrected chi connectivity index (χ0v) is 17.3. The number of fused-ring (bicyclic) bond motifs is 1. The molecule has 28 heavy (non-hydrogen) atoms. The van der Waals surface area contributed by atoms with Gasteiger partial charge < -0.3 is 20.2 Å². The van der Waals surface area contributed by atoms with Crippen LogP contribution in [0.4, 0.5) is 0 Å². The number of hydrogen-bond donors (Lipinski definition) is 2. The number of halogens is 2. The minimum absolute atomic E-state index is 0. The molecule has 2 aromatic heterocycles. The molecule has 1 aromatic carbocycles. The first kappa shape index (κ1) is 22.0. The summed E-state index contributed by atoms with van der Waals surface area (Å²) in [5, 5.41) is 4.70. The number of ether oxygens (including phenoxy) is 2. The minimum Gasteiger partial charge on any atom is -0.454 e. The molecule has 0 aliphatic carbocycles. The summed E-state index contributed by atoms with van der Waals surface area (Å²) in [6, 6.07) is 5.41. The molecule has 1 atom stereocenters. The van der Waals surface area contributed by atoms with Crippen LogP contribution in [0.1, 0.15) is 37.2 Å².